The molecule has 2 fully saturated rings. The monoisotopic (exact) mass is 563 g/mol. The van der Waals surface area contributed by atoms with Crippen LogP contribution in [0, 0.1) is 0 Å². The van der Waals surface area contributed by atoms with Crippen LogP contribution in [0.2, 0.25) is 5.28 Å². The van der Waals surface area contributed by atoms with Crippen LogP contribution >= 0.6 is 11.6 Å². The first-order chi connectivity index (χ1) is 19.4. The van der Waals surface area contributed by atoms with Crippen molar-refractivity contribution in [2.75, 3.05) is 25.0 Å². The average molecular weight is 564 g/mol. The highest BCUT2D eigenvalue weighted by molar-refractivity contribution is 6.28. The van der Waals surface area contributed by atoms with E-state index < -0.39 is 36.4 Å². The number of imide groups is 1. The smallest absolute Gasteiger partial charge is 0.326 e. The van der Waals surface area contributed by atoms with E-state index in [-0.39, 0.29) is 30.0 Å². The summed E-state index contributed by atoms with van der Waals surface area (Å²) >= 11 is 6.35. The molecule has 4 heterocycles. The van der Waals surface area contributed by atoms with Crippen LogP contribution < -0.4 is 10.6 Å². The Hall–Kier alpha value is -4.10. The summed E-state index contributed by atoms with van der Waals surface area (Å²) in [6.45, 7) is 0.0776. The Labute approximate surface area is 233 Å². The first-order valence-corrected chi connectivity index (χ1v) is 13.1. The molecule has 4 N–H and O–H groups in total. The van der Waals surface area contributed by atoms with Crippen molar-refractivity contribution in [3.8, 4) is 0 Å². The van der Waals surface area contributed by atoms with E-state index in [1.165, 1.54) is 10.9 Å². The highest BCUT2D eigenvalue weighted by Crippen LogP contribution is 2.34. The van der Waals surface area contributed by atoms with Gasteiger partial charge in [0.05, 0.1) is 19.5 Å². The second-order valence-electron chi connectivity index (χ2n) is 9.61. The van der Waals surface area contributed by atoms with Crippen LogP contribution in [-0.2, 0) is 9.53 Å². The molecule has 0 saturated carbocycles. The lowest BCUT2D eigenvalue weighted by Crippen LogP contribution is -2.48. The molecule has 6 rings (SSSR count). The van der Waals surface area contributed by atoms with Crippen molar-refractivity contribution in [3.63, 3.8) is 0 Å². The number of carbonyl (C=O) groups is 2. The standard InChI is InChI=1S/C27H26ClN7O5/c28-26-32-23(29-11-17(15-7-3-1-4-8-15)16-9-5-2-6-10-16)20-24(33-26)34(14-31-20)25(22-21(38)18(36)13-40-22)35-19(37)12-30-27(35)39/h1-10,14,17-18,21-22,25,36,38H,11-13H2,(H,30,39)(H,29,32,33)/t18-,21+,22+,25?/m1/s1. The van der Waals surface area contributed by atoms with Crippen LogP contribution in [0.5, 0.6) is 0 Å². The summed E-state index contributed by atoms with van der Waals surface area (Å²) < 4.78 is 7.08. The number of aliphatic hydroxyl groups excluding tert-OH is 2. The molecule has 4 atom stereocenters. The van der Waals surface area contributed by atoms with E-state index in [1.54, 1.807) is 0 Å². The van der Waals surface area contributed by atoms with E-state index in [1.807, 2.05) is 36.4 Å². The number of aliphatic hydroxyl groups is 2. The Kier molecular flexibility index (Phi) is 7.07. The number of hydrogen-bond donors (Lipinski definition) is 4. The van der Waals surface area contributed by atoms with Crippen molar-refractivity contribution < 1.29 is 24.5 Å². The Bertz CT molecular complexity index is 1480. The van der Waals surface area contributed by atoms with Crippen LogP contribution in [-0.4, -0.2) is 84.6 Å². The third-order valence-corrected chi connectivity index (χ3v) is 7.35. The topological polar surface area (TPSA) is 155 Å². The maximum Gasteiger partial charge on any atom is 0.326 e. The molecule has 0 spiro atoms. The molecular formula is C27H26ClN7O5. The fourth-order valence-corrected chi connectivity index (χ4v) is 5.39. The van der Waals surface area contributed by atoms with Crippen molar-refractivity contribution in [2.24, 2.45) is 0 Å². The summed E-state index contributed by atoms with van der Waals surface area (Å²) in [6.07, 6.45) is -3.49. The van der Waals surface area contributed by atoms with Gasteiger partial charge in [-0.25, -0.2) is 14.7 Å². The molecule has 12 nitrogen and oxygen atoms in total. The summed E-state index contributed by atoms with van der Waals surface area (Å²) in [5, 5.41) is 26.5. The predicted molar refractivity (Wildman–Crippen MR) is 145 cm³/mol. The Morgan fingerprint density at radius 3 is 2.30 bits per heavy atom. The van der Waals surface area contributed by atoms with Crippen molar-refractivity contribution in [2.45, 2.75) is 30.4 Å². The fourth-order valence-electron chi connectivity index (χ4n) is 5.22. The molecule has 0 bridgehead atoms. The van der Waals surface area contributed by atoms with Gasteiger partial charge in [-0.1, -0.05) is 60.7 Å². The van der Waals surface area contributed by atoms with Gasteiger partial charge in [-0.2, -0.15) is 9.97 Å². The lowest BCUT2D eigenvalue weighted by Gasteiger charge is -2.32. The zero-order valence-corrected chi connectivity index (χ0v) is 21.8. The second-order valence-corrected chi connectivity index (χ2v) is 9.95. The highest BCUT2D eigenvalue weighted by atomic mass is 35.5. The van der Waals surface area contributed by atoms with Gasteiger partial charge in [0.15, 0.2) is 17.0 Å². The summed E-state index contributed by atoms with van der Waals surface area (Å²) in [5.41, 5.74) is 2.77. The number of fused-ring (bicyclic) bond motifs is 1. The SMILES string of the molecule is O=C1CNC(=O)N1C([C@H]1OC[C@@H](O)[C@@H]1O)n1cnc2c(NCC(c3ccccc3)c3ccccc3)nc(Cl)nc21. The number of amides is 3. The summed E-state index contributed by atoms with van der Waals surface area (Å²) in [5.74, 6) is -0.189. The Morgan fingerprint density at radius 2 is 1.73 bits per heavy atom. The van der Waals surface area contributed by atoms with E-state index in [2.05, 4.69) is 49.9 Å². The van der Waals surface area contributed by atoms with E-state index in [4.69, 9.17) is 16.3 Å². The zero-order chi connectivity index (χ0) is 27.8. The fraction of sp³-hybridized carbons (Fsp3) is 0.296. The molecule has 0 radical (unpaired) electrons. The molecule has 2 aromatic heterocycles. The maximum atomic E-state index is 12.7. The Balaban J connectivity index is 1.38. The number of nitrogens with zero attached hydrogens (tertiary/aromatic N) is 5. The first kappa shape index (κ1) is 26.1. The minimum Gasteiger partial charge on any atom is -0.388 e. The van der Waals surface area contributed by atoms with E-state index in [9.17, 15) is 19.8 Å². The summed E-state index contributed by atoms with van der Waals surface area (Å²) in [7, 11) is 0. The highest BCUT2D eigenvalue weighted by Gasteiger charge is 2.48. The third-order valence-electron chi connectivity index (χ3n) is 7.18. The van der Waals surface area contributed by atoms with Gasteiger partial charge in [0, 0.05) is 12.5 Å². The molecular weight excluding hydrogens is 538 g/mol. The lowest BCUT2D eigenvalue weighted by atomic mass is 9.91. The van der Waals surface area contributed by atoms with Crippen LogP contribution in [0.1, 0.15) is 23.2 Å². The van der Waals surface area contributed by atoms with E-state index in [0.717, 1.165) is 16.0 Å². The molecule has 2 aromatic carbocycles. The molecule has 40 heavy (non-hydrogen) atoms. The maximum absolute atomic E-state index is 12.7. The van der Waals surface area contributed by atoms with Crippen LogP contribution in [0.4, 0.5) is 10.6 Å². The minimum atomic E-state index is -1.36. The van der Waals surface area contributed by atoms with Gasteiger partial charge in [-0.15, -0.1) is 0 Å². The van der Waals surface area contributed by atoms with Crippen molar-refractivity contribution in [1.29, 1.82) is 0 Å². The third kappa shape index (κ3) is 4.75. The summed E-state index contributed by atoms with van der Waals surface area (Å²) in [4.78, 5) is 39.5. The molecule has 2 aliphatic heterocycles. The average Bonchev–Trinajstić information content (AvgIpc) is 3.64. The number of benzene rings is 2. The quantitative estimate of drug-likeness (QED) is 0.186. The van der Waals surface area contributed by atoms with Gasteiger partial charge in [-0.05, 0) is 22.7 Å². The molecule has 2 saturated heterocycles. The number of halogens is 1. The molecule has 206 valence electrons. The number of hydrogen-bond acceptors (Lipinski definition) is 9. The van der Waals surface area contributed by atoms with Gasteiger partial charge in [0.25, 0.3) is 5.91 Å². The number of imidazole rings is 1. The number of aromatic nitrogens is 4. The van der Waals surface area contributed by atoms with Gasteiger partial charge >= 0.3 is 6.03 Å². The van der Waals surface area contributed by atoms with Gasteiger partial charge in [-0.3, -0.25) is 9.36 Å². The largest absolute Gasteiger partial charge is 0.388 e. The van der Waals surface area contributed by atoms with E-state index >= 15 is 0 Å². The molecule has 4 aromatic rings. The zero-order valence-electron chi connectivity index (χ0n) is 21.1. The molecule has 3 amide bonds. The van der Waals surface area contributed by atoms with Crippen LogP contribution in [0.3, 0.4) is 0 Å². The van der Waals surface area contributed by atoms with Crippen LogP contribution in [0.15, 0.2) is 67.0 Å². The van der Waals surface area contributed by atoms with Crippen molar-refractivity contribution in [1.82, 2.24) is 29.7 Å². The number of nitrogens with one attached hydrogen (secondary N) is 2. The molecule has 1 unspecified atom stereocenters. The van der Waals surface area contributed by atoms with Gasteiger partial charge < -0.3 is 25.6 Å². The number of anilines is 1. The number of carbonyl (C=O) groups excluding carboxylic acids is 2. The van der Waals surface area contributed by atoms with Gasteiger partial charge in [0.2, 0.25) is 5.28 Å². The van der Waals surface area contributed by atoms with Crippen LogP contribution in [0.25, 0.3) is 11.2 Å². The van der Waals surface area contributed by atoms with E-state index in [0.29, 0.717) is 17.9 Å². The normalized spacial score (nSPS) is 21.8. The Morgan fingerprint density at radius 1 is 1.05 bits per heavy atom. The number of urea groups is 1. The minimum absolute atomic E-state index is 0.0181. The molecule has 2 aliphatic rings. The van der Waals surface area contributed by atoms with Crippen molar-refractivity contribution in [3.05, 3.63) is 83.4 Å². The van der Waals surface area contributed by atoms with Gasteiger partial charge in [0.1, 0.15) is 24.5 Å². The second kappa shape index (κ2) is 10.8. The lowest BCUT2D eigenvalue weighted by molar-refractivity contribution is -0.132. The number of rotatable bonds is 8. The molecule has 13 heteroatoms. The number of ether oxygens (including phenoxy) is 1. The predicted octanol–water partition coefficient (Wildman–Crippen LogP) is 1.89. The molecule has 0 aliphatic carbocycles. The first-order valence-electron chi connectivity index (χ1n) is 12.7. The van der Waals surface area contributed by atoms with Crippen molar-refractivity contribution >= 4 is 40.5 Å². The summed E-state index contributed by atoms with van der Waals surface area (Å²) in [6, 6.07) is 19.4.